The van der Waals surface area contributed by atoms with Gasteiger partial charge in [0, 0.05) is 13.1 Å². The van der Waals surface area contributed by atoms with Gasteiger partial charge in [-0.3, -0.25) is 0 Å². The average Bonchev–Trinajstić information content (AvgIpc) is 2.69. The average molecular weight is 191 g/mol. The number of allylic oxidation sites excluding steroid dienone is 2. The zero-order valence-electron chi connectivity index (χ0n) is 9.59. The summed E-state index contributed by atoms with van der Waals surface area (Å²) in [5, 5.41) is 0. The molecule has 1 nitrogen and oxygen atoms in total. The second-order valence-corrected chi connectivity index (χ2v) is 5.79. The maximum Gasteiger partial charge on any atom is 0.00158 e. The van der Waals surface area contributed by atoms with Crippen LogP contribution in [0.2, 0.25) is 0 Å². The molecule has 1 aliphatic heterocycles. The van der Waals surface area contributed by atoms with E-state index in [1.807, 2.05) is 5.57 Å². The molecule has 1 heteroatoms. The normalized spacial score (nSPS) is 46.1. The van der Waals surface area contributed by atoms with Gasteiger partial charge in [-0.1, -0.05) is 11.1 Å². The van der Waals surface area contributed by atoms with E-state index in [9.17, 15) is 0 Å². The molecular weight excluding hydrogens is 170 g/mol. The predicted molar refractivity (Wildman–Crippen MR) is 59.1 cm³/mol. The third-order valence-corrected chi connectivity index (χ3v) is 4.79. The highest BCUT2D eigenvalue weighted by molar-refractivity contribution is 5.29. The topological polar surface area (TPSA) is 3.24 Å². The van der Waals surface area contributed by atoms with Crippen LogP contribution in [0.15, 0.2) is 11.1 Å². The van der Waals surface area contributed by atoms with Crippen molar-refractivity contribution in [2.75, 3.05) is 20.1 Å². The van der Waals surface area contributed by atoms with Crippen molar-refractivity contribution in [1.29, 1.82) is 0 Å². The molecule has 0 N–H and O–H groups in total. The van der Waals surface area contributed by atoms with Crippen LogP contribution in [0.4, 0.5) is 0 Å². The lowest BCUT2D eigenvalue weighted by Gasteiger charge is -2.21. The molecule has 3 fully saturated rings. The molecule has 0 aromatic carbocycles. The van der Waals surface area contributed by atoms with Gasteiger partial charge in [0.1, 0.15) is 0 Å². The summed E-state index contributed by atoms with van der Waals surface area (Å²) < 4.78 is 0. The molecular formula is C13H21N. The summed E-state index contributed by atoms with van der Waals surface area (Å²) in [5.41, 5.74) is 3.50. The molecule has 2 aliphatic carbocycles. The molecule has 0 aromatic rings. The number of likely N-dealkylation sites (tertiary alicyclic amines) is 1. The first-order valence-electron chi connectivity index (χ1n) is 6.04. The van der Waals surface area contributed by atoms with E-state index in [2.05, 4.69) is 25.8 Å². The summed E-state index contributed by atoms with van der Waals surface area (Å²) in [6, 6.07) is 0. The fraction of sp³-hybridized carbons (Fsp3) is 0.846. The van der Waals surface area contributed by atoms with Gasteiger partial charge in [0.2, 0.25) is 0 Å². The van der Waals surface area contributed by atoms with Crippen LogP contribution < -0.4 is 0 Å². The molecule has 0 aromatic heterocycles. The fourth-order valence-corrected chi connectivity index (χ4v) is 4.49. The van der Waals surface area contributed by atoms with E-state index in [0.717, 1.165) is 23.7 Å². The molecule has 2 bridgehead atoms. The van der Waals surface area contributed by atoms with Gasteiger partial charge in [0.15, 0.2) is 0 Å². The van der Waals surface area contributed by atoms with Gasteiger partial charge < -0.3 is 4.90 Å². The van der Waals surface area contributed by atoms with Gasteiger partial charge in [0.05, 0.1) is 0 Å². The van der Waals surface area contributed by atoms with Gasteiger partial charge in [0.25, 0.3) is 0 Å². The molecule has 0 radical (unpaired) electrons. The maximum atomic E-state index is 2.54. The number of nitrogens with zero attached hydrogens (tertiary/aromatic N) is 1. The Morgan fingerprint density at radius 3 is 2.00 bits per heavy atom. The maximum absolute atomic E-state index is 2.54. The Labute approximate surface area is 87.2 Å². The van der Waals surface area contributed by atoms with Gasteiger partial charge >= 0.3 is 0 Å². The first-order chi connectivity index (χ1) is 6.68. The van der Waals surface area contributed by atoms with Crippen LogP contribution in [0.3, 0.4) is 0 Å². The molecule has 2 saturated carbocycles. The number of rotatable bonds is 0. The summed E-state index contributed by atoms with van der Waals surface area (Å²) in [7, 11) is 2.29. The van der Waals surface area contributed by atoms with Crippen molar-refractivity contribution >= 4 is 0 Å². The largest absolute Gasteiger partial charge is 0.306 e. The highest BCUT2D eigenvalue weighted by Crippen LogP contribution is 2.58. The molecule has 3 rings (SSSR count). The van der Waals surface area contributed by atoms with Crippen LogP contribution >= 0.6 is 0 Å². The zero-order chi connectivity index (χ0) is 9.87. The van der Waals surface area contributed by atoms with E-state index in [4.69, 9.17) is 0 Å². The minimum absolute atomic E-state index is 0.972. The van der Waals surface area contributed by atoms with Crippen LogP contribution in [0.5, 0.6) is 0 Å². The van der Waals surface area contributed by atoms with E-state index in [-0.39, 0.29) is 0 Å². The molecule has 78 valence electrons. The van der Waals surface area contributed by atoms with Gasteiger partial charge in [-0.05, 0) is 57.4 Å². The molecule has 4 atom stereocenters. The predicted octanol–water partition coefficient (Wildman–Crippen LogP) is 2.54. The molecule has 0 unspecified atom stereocenters. The Bertz CT molecular complexity index is 266. The monoisotopic (exact) mass is 191 g/mol. The smallest absolute Gasteiger partial charge is 0.00158 e. The first kappa shape index (κ1) is 8.96. The quantitative estimate of drug-likeness (QED) is 0.532. The summed E-state index contributed by atoms with van der Waals surface area (Å²) in [4.78, 5) is 2.54. The lowest BCUT2D eigenvalue weighted by atomic mass is 9.82. The van der Waals surface area contributed by atoms with Crippen molar-refractivity contribution in [3.8, 4) is 0 Å². The lowest BCUT2D eigenvalue weighted by molar-refractivity contribution is 0.281. The second-order valence-electron chi connectivity index (χ2n) is 5.79. The molecule has 3 aliphatic rings. The molecule has 14 heavy (non-hydrogen) atoms. The van der Waals surface area contributed by atoms with Gasteiger partial charge in [-0.15, -0.1) is 0 Å². The van der Waals surface area contributed by atoms with Crippen LogP contribution in [-0.2, 0) is 0 Å². The van der Waals surface area contributed by atoms with E-state index < -0.39 is 0 Å². The van der Waals surface area contributed by atoms with Gasteiger partial charge in [-0.2, -0.15) is 0 Å². The van der Waals surface area contributed by atoms with Crippen molar-refractivity contribution in [3.63, 3.8) is 0 Å². The summed E-state index contributed by atoms with van der Waals surface area (Å²) in [6.45, 7) is 7.38. The fourth-order valence-electron chi connectivity index (χ4n) is 4.49. The number of fused-ring (bicyclic) bond motifs is 5. The van der Waals surface area contributed by atoms with E-state index in [1.165, 1.54) is 25.9 Å². The Morgan fingerprint density at radius 1 is 1.07 bits per heavy atom. The Balaban J connectivity index is 1.97. The molecule has 0 spiro atoms. The third kappa shape index (κ3) is 0.995. The Kier molecular flexibility index (Phi) is 1.82. The van der Waals surface area contributed by atoms with Crippen molar-refractivity contribution in [1.82, 2.24) is 4.90 Å². The van der Waals surface area contributed by atoms with Crippen molar-refractivity contribution < 1.29 is 0 Å². The van der Waals surface area contributed by atoms with E-state index in [1.54, 1.807) is 5.57 Å². The summed E-state index contributed by atoms with van der Waals surface area (Å²) in [5.74, 6) is 3.98. The number of hydrogen-bond acceptors (Lipinski definition) is 1. The summed E-state index contributed by atoms with van der Waals surface area (Å²) >= 11 is 0. The van der Waals surface area contributed by atoms with Crippen molar-refractivity contribution in [2.24, 2.45) is 23.7 Å². The van der Waals surface area contributed by atoms with Crippen molar-refractivity contribution in [2.45, 2.75) is 26.7 Å². The van der Waals surface area contributed by atoms with Crippen LogP contribution in [0.1, 0.15) is 26.7 Å². The molecule has 0 amide bonds. The number of hydrogen-bond donors (Lipinski definition) is 0. The highest BCUT2D eigenvalue weighted by Gasteiger charge is 2.53. The third-order valence-electron chi connectivity index (χ3n) is 4.79. The minimum Gasteiger partial charge on any atom is -0.306 e. The molecule has 1 heterocycles. The first-order valence-corrected chi connectivity index (χ1v) is 6.04. The summed E-state index contributed by atoms with van der Waals surface area (Å²) in [6.07, 6.45) is 2.97. The Hall–Kier alpha value is -0.300. The van der Waals surface area contributed by atoms with Crippen LogP contribution in [0, 0.1) is 23.7 Å². The highest BCUT2D eigenvalue weighted by atomic mass is 15.1. The van der Waals surface area contributed by atoms with E-state index in [0.29, 0.717) is 0 Å². The molecule has 1 saturated heterocycles. The van der Waals surface area contributed by atoms with Crippen LogP contribution in [0.25, 0.3) is 0 Å². The minimum atomic E-state index is 0.972. The van der Waals surface area contributed by atoms with Crippen molar-refractivity contribution in [3.05, 3.63) is 11.1 Å². The second kappa shape index (κ2) is 2.85. The Morgan fingerprint density at radius 2 is 1.57 bits per heavy atom. The lowest BCUT2D eigenvalue weighted by Crippen LogP contribution is -2.19. The van der Waals surface area contributed by atoms with Gasteiger partial charge in [-0.25, -0.2) is 0 Å². The standard InChI is InChI=1S/C13H21N/c1-8(2)13-9-4-5-10(13)12-7-14(3)6-11(9)12/h9-12H,4-7H2,1-3H3/t9-,10+,11-,12+. The van der Waals surface area contributed by atoms with Crippen LogP contribution in [-0.4, -0.2) is 25.0 Å². The van der Waals surface area contributed by atoms with E-state index >= 15 is 0 Å². The SMILES string of the molecule is CC(C)=C1[C@H]2CC[C@@H]1[C@H]1CN(C)C[C@H]12. The zero-order valence-corrected chi connectivity index (χ0v) is 9.59.